The molecule has 4 rings (SSSR count). The van der Waals surface area contributed by atoms with Crippen molar-refractivity contribution in [2.75, 3.05) is 32.7 Å². The summed E-state index contributed by atoms with van der Waals surface area (Å²) in [6.07, 6.45) is 0.490. The lowest BCUT2D eigenvalue weighted by Gasteiger charge is -2.38. The molecule has 1 unspecified atom stereocenters. The van der Waals surface area contributed by atoms with Crippen molar-refractivity contribution in [2.24, 2.45) is 5.73 Å². The maximum atomic E-state index is 13.0. The van der Waals surface area contributed by atoms with Crippen LogP contribution in [-0.2, 0) is 38.3 Å². The van der Waals surface area contributed by atoms with Crippen molar-refractivity contribution in [3.8, 4) is 0 Å². The van der Waals surface area contributed by atoms with E-state index in [9.17, 15) is 18.0 Å². The monoisotopic (exact) mass is 456 g/mol. The zero-order valence-electron chi connectivity index (χ0n) is 17.9. The minimum atomic E-state index is -3.44. The number of hydrogen-bond donors (Lipinski definition) is 1. The van der Waals surface area contributed by atoms with Crippen LogP contribution in [0.1, 0.15) is 16.7 Å². The predicted molar refractivity (Wildman–Crippen MR) is 121 cm³/mol. The van der Waals surface area contributed by atoms with Crippen LogP contribution in [0.3, 0.4) is 0 Å². The number of primary amides is 1. The summed E-state index contributed by atoms with van der Waals surface area (Å²) >= 11 is 0. The maximum absolute atomic E-state index is 13.0. The number of hydrogen-bond acceptors (Lipinski definition) is 5. The Balaban J connectivity index is 1.36. The molecule has 1 saturated heterocycles. The Morgan fingerprint density at radius 1 is 0.906 bits per heavy atom. The van der Waals surface area contributed by atoms with Crippen LogP contribution in [0, 0.1) is 0 Å². The second-order valence-corrected chi connectivity index (χ2v) is 10.3. The van der Waals surface area contributed by atoms with Crippen molar-refractivity contribution >= 4 is 21.8 Å². The minimum absolute atomic E-state index is 0.0464. The molecular weight excluding hydrogens is 428 g/mol. The van der Waals surface area contributed by atoms with Crippen LogP contribution >= 0.6 is 0 Å². The third-order valence-electron chi connectivity index (χ3n) is 6.19. The Kier molecular flexibility index (Phi) is 6.59. The van der Waals surface area contributed by atoms with Crippen molar-refractivity contribution in [1.29, 1.82) is 0 Å². The van der Waals surface area contributed by atoms with Gasteiger partial charge in [-0.05, 0) is 23.1 Å². The summed E-state index contributed by atoms with van der Waals surface area (Å²) in [5.74, 6) is -0.602. The largest absolute Gasteiger partial charge is 0.368 e. The number of piperazine rings is 1. The molecule has 9 heteroatoms. The highest BCUT2D eigenvalue weighted by atomic mass is 32.2. The molecule has 170 valence electrons. The first-order chi connectivity index (χ1) is 15.3. The fourth-order valence-corrected chi connectivity index (χ4v) is 5.91. The molecule has 0 bridgehead atoms. The van der Waals surface area contributed by atoms with Gasteiger partial charge in [-0.15, -0.1) is 0 Å². The topological polar surface area (TPSA) is 104 Å². The van der Waals surface area contributed by atoms with Gasteiger partial charge in [0.05, 0.1) is 18.3 Å². The van der Waals surface area contributed by atoms with Gasteiger partial charge in [0.2, 0.25) is 21.8 Å². The molecule has 2 aromatic rings. The van der Waals surface area contributed by atoms with Crippen LogP contribution in [-0.4, -0.2) is 73.1 Å². The third kappa shape index (κ3) is 5.01. The number of carbonyl (C=O) groups excluding carboxylic acids is 2. The van der Waals surface area contributed by atoms with Gasteiger partial charge in [0, 0.05) is 32.7 Å². The Labute approximate surface area is 188 Å². The molecule has 0 aromatic heterocycles. The standard InChI is InChI=1S/C23H28N4O4S/c24-23(29)21-14-19-8-4-5-9-20(19)15-26(21)16-22(28)25-10-12-27(13-11-25)32(30,31)17-18-6-2-1-3-7-18/h1-9,21H,10-17H2,(H2,24,29). The fraction of sp³-hybridized carbons (Fsp3) is 0.391. The van der Waals surface area contributed by atoms with Crippen LogP contribution in [0.5, 0.6) is 0 Å². The van der Waals surface area contributed by atoms with Crippen LogP contribution in [0.4, 0.5) is 0 Å². The Morgan fingerprint density at radius 2 is 1.53 bits per heavy atom. The first-order valence-electron chi connectivity index (χ1n) is 10.7. The zero-order chi connectivity index (χ0) is 22.7. The second-order valence-electron chi connectivity index (χ2n) is 8.32. The van der Waals surface area contributed by atoms with Crippen molar-refractivity contribution in [1.82, 2.24) is 14.1 Å². The van der Waals surface area contributed by atoms with Gasteiger partial charge in [0.1, 0.15) is 0 Å². The maximum Gasteiger partial charge on any atom is 0.236 e. The van der Waals surface area contributed by atoms with Gasteiger partial charge in [-0.1, -0.05) is 54.6 Å². The molecule has 8 nitrogen and oxygen atoms in total. The third-order valence-corrected chi connectivity index (χ3v) is 8.04. The molecule has 32 heavy (non-hydrogen) atoms. The van der Waals surface area contributed by atoms with Crippen LogP contribution in [0.25, 0.3) is 0 Å². The van der Waals surface area contributed by atoms with Gasteiger partial charge in [-0.25, -0.2) is 8.42 Å². The highest BCUT2D eigenvalue weighted by Gasteiger charge is 2.34. The number of carbonyl (C=O) groups is 2. The van der Waals surface area contributed by atoms with E-state index in [2.05, 4.69) is 0 Å². The molecule has 0 spiro atoms. The smallest absolute Gasteiger partial charge is 0.236 e. The summed E-state index contributed by atoms with van der Waals surface area (Å²) in [4.78, 5) is 28.5. The van der Waals surface area contributed by atoms with Gasteiger partial charge in [0.25, 0.3) is 0 Å². The minimum Gasteiger partial charge on any atom is -0.368 e. The average Bonchev–Trinajstić information content (AvgIpc) is 2.79. The van der Waals surface area contributed by atoms with E-state index in [1.165, 1.54) is 4.31 Å². The summed E-state index contributed by atoms with van der Waals surface area (Å²) in [7, 11) is -3.44. The number of benzene rings is 2. The number of sulfonamides is 1. The van der Waals surface area contributed by atoms with Crippen molar-refractivity contribution in [3.05, 3.63) is 71.3 Å². The van der Waals surface area contributed by atoms with E-state index in [1.807, 2.05) is 47.4 Å². The lowest BCUT2D eigenvalue weighted by Crippen LogP contribution is -2.55. The van der Waals surface area contributed by atoms with Gasteiger partial charge < -0.3 is 10.6 Å². The molecule has 2 heterocycles. The number of rotatable bonds is 6. The van der Waals surface area contributed by atoms with Crippen molar-refractivity contribution in [2.45, 2.75) is 24.8 Å². The fourth-order valence-electron chi connectivity index (χ4n) is 4.39. The summed E-state index contributed by atoms with van der Waals surface area (Å²) < 4.78 is 26.9. The van der Waals surface area contributed by atoms with E-state index in [1.54, 1.807) is 17.0 Å². The molecule has 0 aliphatic carbocycles. The highest BCUT2D eigenvalue weighted by molar-refractivity contribution is 7.88. The molecule has 2 amide bonds. The average molecular weight is 457 g/mol. The molecule has 2 N–H and O–H groups in total. The molecular formula is C23H28N4O4S. The molecule has 0 radical (unpaired) electrons. The van der Waals surface area contributed by atoms with E-state index in [4.69, 9.17) is 5.73 Å². The Bertz CT molecular complexity index is 1080. The summed E-state index contributed by atoms with van der Waals surface area (Å²) in [5.41, 5.74) is 8.54. The van der Waals surface area contributed by atoms with Gasteiger partial charge in [0.15, 0.2) is 0 Å². The summed E-state index contributed by atoms with van der Waals surface area (Å²) in [6.45, 7) is 1.77. The predicted octanol–water partition coefficient (Wildman–Crippen LogP) is 0.573. The SMILES string of the molecule is NC(=O)C1Cc2ccccc2CN1CC(=O)N1CCN(S(=O)(=O)Cc2ccccc2)CC1. The lowest BCUT2D eigenvalue weighted by molar-refractivity contribution is -0.136. The second kappa shape index (κ2) is 9.40. The van der Waals surface area contributed by atoms with Gasteiger partial charge in [-0.3, -0.25) is 14.5 Å². The number of nitrogens with two attached hydrogens (primary N) is 1. The van der Waals surface area contributed by atoms with E-state index >= 15 is 0 Å². The first kappa shape index (κ1) is 22.4. The van der Waals surface area contributed by atoms with Gasteiger partial charge in [-0.2, -0.15) is 4.31 Å². The zero-order valence-corrected chi connectivity index (χ0v) is 18.7. The molecule has 2 aliphatic heterocycles. The summed E-state index contributed by atoms with van der Waals surface area (Å²) in [6, 6.07) is 16.4. The normalized spacial score (nSPS) is 20.0. The number of amides is 2. The molecule has 2 aliphatic rings. The van der Waals surface area contributed by atoms with Crippen LogP contribution in [0.15, 0.2) is 54.6 Å². The van der Waals surface area contributed by atoms with E-state index in [0.29, 0.717) is 26.1 Å². The van der Waals surface area contributed by atoms with E-state index < -0.39 is 22.0 Å². The summed E-state index contributed by atoms with van der Waals surface area (Å²) in [5, 5.41) is 0. The first-order valence-corrected chi connectivity index (χ1v) is 12.3. The highest BCUT2D eigenvalue weighted by Crippen LogP contribution is 2.23. The van der Waals surface area contributed by atoms with Crippen molar-refractivity contribution < 1.29 is 18.0 Å². The van der Waals surface area contributed by atoms with E-state index in [0.717, 1.165) is 16.7 Å². The molecule has 1 atom stereocenters. The quantitative estimate of drug-likeness (QED) is 0.685. The van der Waals surface area contributed by atoms with Crippen molar-refractivity contribution in [3.63, 3.8) is 0 Å². The number of fused-ring (bicyclic) bond motifs is 1. The number of nitrogens with zero attached hydrogens (tertiary/aromatic N) is 3. The molecule has 0 saturated carbocycles. The Hall–Kier alpha value is -2.75. The van der Waals surface area contributed by atoms with Gasteiger partial charge >= 0.3 is 0 Å². The molecule has 1 fully saturated rings. The van der Waals surface area contributed by atoms with Crippen LogP contribution in [0.2, 0.25) is 0 Å². The van der Waals surface area contributed by atoms with E-state index in [-0.39, 0.29) is 31.3 Å². The lowest BCUT2D eigenvalue weighted by atomic mass is 9.93. The molecule has 2 aromatic carbocycles. The Morgan fingerprint density at radius 3 is 2.19 bits per heavy atom. The van der Waals surface area contributed by atoms with Crippen LogP contribution < -0.4 is 5.73 Å².